The molecule has 0 aromatic heterocycles. The van der Waals surface area contributed by atoms with Crippen molar-refractivity contribution in [2.45, 2.75) is 58.9 Å². The van der Waals surface area contributed by atoms with E-state index in [9.17, 15) is 0 Å². The Balaban J connectivity index is 2.98. The summed E-state index contributed by atoms with van der Waals surface area (Å²) in [6, 6.07) is 0.663. The molecule has 0 aromatic carbocycles. The van der Waals surface area contributed by atoms with Crippen molar-refractivity contribution in [3.63, 3.8) is 0 Å². The first-order valence-electron chi connectivity index (χ1n) is 6.12. The lowest BCUT2D eigenvalue weighted by Gasteiger charge is -2.11. The van der Waals surface area contributed by atoms with Crippen LogP contribution in [0.25, 0.3) is 0 Å². The molecule has 2 heteroatoms. The van der Waals surface area contributed by atoms with Gasteiger partial charge in [0.05, 0.1) is 0 Å². The molecular formula is C12H27NO. The van der Waals surface area contributed by atoms with Crippen LogP contribution in [0.4, 0.5) is 0 Å². The van der Waals surface area contributed by atoms with Gasteiger partial charge in [0, 0.05) is 19.3 Å². The maximum atomic E-state index is 5.50. The van der Waals surface area contributed by atoms with Gasteiger partial charge in [0.2, 0.25) is 0 Å². The summed E-state index contributed by atoms with van der Waals surface area (Å²) in [5.41, 5.74) is 0. The Morgan fingerprint density at radius 1 is 1.07 bits per heavy atom. The quantitative estimate of drug-likeness (QED) is 0.549. The molecule has 0 heterocycles. The third-order valence-electron chi connectivity index (χ3n) is 2.37. The van der Waals surface area contributed by atoms with Crippen molar-refractivity contribution in [3.05, 3.63) is 0 Å². The van der Waals surface area contributed by atoms with E-state index in [1.54, 1.807) is 0 Å². The van der Waals surface area contributed by atoms with Gasteiger partial charge in [-0.2, -0.15) is 0 Å². The minimum atomic E-state index is 0.663. The van der Waals surface area contributed by atoms with Gasteiger partial charge in [0.15, 0.2) is 0 Å². The summed E-state index contributed by atoms with van der Waals surface area (Å²) in [4.78, 5) is 0. The van der Waals surface area contributed by atoms with Crippen LogP contribution < -0.4 is 5.32 Å². The van der Waals surface area contributed by atoms with E-state index in [4.69, 9.17) is 4.74 Å². The Morgan fingerprint density at radius 3 is 2.43 bits per heavy atom. The van der Waals surface area contributed by atoms with Crippen molar-refractivity contribution in [2.75, 3.05) is 19.8 Å². The van der Waals surface area contributed by atoms with Gasteiger partial charge in [-0.05, 0) is 39.2 Å². The molecular weight excluding hydrogens is 174 g/mol. The number of unbranched alkanes of at least 4 members (excludes halogenated alkanes) is 2. The Hall–Kier alpha value is -0.0800. The first kappa shape index (κ1) is 13.9. The average molecular weight is 201 g/mol. The molecule has 0 saturated carbocycles. The van der Waals surface area contributed by atoms with E-state index >= 15 is 0 Å². The molecule has 0 fully saturated rings. The molecule has 0 aromatic rings. The van der Waals surface area contributed by atoms with E-state index in [1.165, 1.54) is 32.1 Å². The van der Waals surface area contributed by atoms with Gasteiger partial charge in [0.25, 0.3) is 0 Å². The van der Waals surface area contributed by atoms with Crippen LogP contribution in [-0.4, -0.2) is 25.8 Å². The van der Waals surface area contributed by atoms with Crippen LogP contribution in [-0.2, 0) is 4.74 Å². The molecule has 2 nitrogen and oxygen atoms in total. The molecule has 0 aliphatic heterocycles. The highest BCUT2D eigenvalue weighted by Gasteiger charge is 1.98. The zero-order chi connectivity index (χ0) is 10.6. The standard InChI is InChI=1S/C12H27NO/c1-4-6-10-14-11-8-7-9-12(3)13-5-2/h12-13H,4-11H2,1-3H3. The predicted octanol–water partition coefficient (Wildman–Crippen LogP) is 2.97. The van der Waals surface area contributed by atoms with Crippen molar-refractivity contribution in [1.29, 1.82) is 0 Å². The van der Waals surface area contributed by atoms with Crippen LogP contribution >= 0.6 is 0 Å². The van der Waals surface area contributed by atoms with Crippen molar-refractivity contribution < 1.29 is 4.74 Å². The zero-order valence-electron chi connectivity index (χ0n) is 10.1. The SMILES string of the molecule is CCCCOCCCCC(C)NCC. The van der Waals surface area contributed by atoms with Crippen LogP contribution in [0.15, 0.2) is 0 Å². The number of hydrogen-bond donors (Lipinski definition) is 1. The average Bonchev–Trinajstić information content (AvgIpc) is 2.17. The van der Waals surface area contributed by atoms with Crippen molar-refractivity contribution >= 4 is 0 Å². The summed E-state index contributed by atoms with van der Waals surface area (Å²) in [5, 5.41) is 3.42. The molecule has 0 bridgehead atoms. The normalized spacial score (nSPS) is 13.1. The van der Waals surface area contributed by atoms with Crippen LogP contribution in [0.5, 0.6) is 0 Å². The zero-order valence-corrected chi connectivity index (χ0v) is 10.1. The van der Waals surface area contributed by atoms with Gasteiger partial charge in [-0.3, -0.25) is 0 Å². The third-order valence-corrected chi connectivity index (χ3v) is 2.37. The monoisotopic (exact) mass is 201 g/mol. The summed E-state index contributed by atoms with van der Waals surface area (Å²) >= 11 is 0. The topological polar surface area (TPSA) is 21.3 Å². The van der Waals surface area contributed by atoms with E-state index in [0.717, 1.165) is 19.8 Å². The predicted molar refractivity (Wildman–Crippen MR) is 62.7 cm³/mol. The molecule has 1 N–H and O–H groups in total. The molecule has 86 valence electrons. The maximum Gasteiger partial charge on any atom is 0.0466 e. The second kappa shape index (κ2) is 11.0. The summed E-state index contributed by atoms with van der Waals surface area (Å²) in [5.74, 6) is 0. The van der Waals surface area contributed by atoms with Crippen LogP contribution in [0.3, 0.4) is 0 Å². The van der Waals surface area contributed by atoms with E-state index in [0.29, 0.717) is 6.04 Å². The fourth-order valence-electron chi connectivity index (χ4n) is 1.45. The van der Waals surface area contributed by atoms with Crippen molar-refractivity contribution in [1.82, 2.24) is 5.32 Å². The molecule has 0 radical (unpaired) electrons. The number of ether oxygens (including phenoxy) is 1. The van der Waals surface area contributed by atoms with Gasteiger partial charge in [-0.1, -0.05) is 20.3 Å². The Bertz CT molecular complexity index is 106. The smallest absolute Gasteiger partial charge is 0.0466 e. The molecule has 1 unspecified atom stereocenters. The van der Waals surface area contributed by atoms with Crippen LogP contribution in [0.1, 0.15) is 52.9 Å². The van der Waals surface area contributed by atoms with E-state index in [-0.39, 0.29) is 0 Å². The number of hydrogen-bond acceptors (Lipinski definition) is 2. The van der Waals surface area contributed by atoms with Crippen LogP contribution in [0.2, 0.25) is 0 Å². The third kappa shape index (κ3) is 10.0. The minimum Gasteiger partial charge on any atom is -0.381 e. The highest BCUT2D eigenvalue weighted by Crippen LogP contribution is 2.01. The maximum absolute atomic E-state index is 5.50. The molecule has 0 amide bonds. The van der Waals surface area contributed by atoms with E-state index in [2.05, 4.69) is 26.1 Å². The largest absolute Gasteiger partial charge is 0.381 e. The van der Waals surface area contributed by atoms with Gasteiger partial charge in [-0.25, -0.2) is 0 Å². The molecule has 14 heavy (non-hydrogen) atoms. The lowest BCUT2D eigenvalue weighted by Crippen LogP contribution is -2.25. The van der Waals surface area contributed by atoms with Gasteiger partial charge < -0.3 is 10.1 Å². The lowest BCUT2D eigenvalue weighted by molar-refractivity contribution is 0.126. The molecule has 0 aliphatic rings. The van der Waals surface area contributed by atoms with Gasteiger partial charge in [-0.15, -0.1) is 0 Å². The van der Waals surface area contributed by atoms with Gasteiger partial charge in [0.1, 0.15) is 0 Å². The molecule has 0 aliphatic carbocycles. The van der Waals surface area contributed by atoms with E-state index in [1.807, 2.05) is 0 Å². The summed E-state index contributed by atoms with van der Waals surface area (Å²) in [6.07, 6.45) is 6.19. The summed E-state index contributed by atoms with van der Waals surface area (Å²) in [6.45, 7) is 9.57. The Labute approximate surface area is 89.4 Å². The number of rotatable bonds is 10. The van der Waals surface area contributed by atoms with Crippen molar-refractivity contribution in [3.8, 4) is 0 Å². The Morgan fingerprint density at radius 2 is 1.79 bits per heavy atom. The summed E-state index contributed by atoms with van der Waals surface area (Å²) < 4.78 is 5.50. The highest BCUT2D eigenvalue weighted by atomic mass is 16.5. The fourth-order valence-corrected chi connectivity index (χ4v) is 1.45. The second-order valence-electron chi connectivity index (χ2n) is 3.92. The molecule has 0 rings (SSSR count). The number of nitrogens with one attached hydrogen (secondary N) is 1. The highest BCUT2D eigenvalue weighted by molar-refractivity contribution is 4.58. The fraction of sp³-hybridized carbons (Fsp3) is 1.00. The van der Waals surface area contributed by atoms with Crippen molar-refractivity contribution in [2.24, 2.45) is 0 Å². The lowest BCUT2D eigenvalue weighted by atomic mass is 10.1. The summed E-state index contributed by atoms with van der Waals surface area (Å²) in [7, 11) is 0. The molecule has 0 saturated heterocycles. The molecule has 1 atom stereocenters. The van der Waals surface area contributed by atoms with Crippen LogP contribution in [0, 0.1) is 0 Å². The van der Waals surface area contributed by atoms with Gasteiger partial charge >= 0.3 is 0 Å². The first-order chi connectivity index (χ1) is 6.81. The minimum absolute atomic E-state index is 0.663. The second-order valence-corrected chi connectivity index (χ2v) is 3.92. The van der Waals surface area contributed by atoms with E-state index < -0.39 is 0 Å². The first-order valence-corrected chi connectivity index (χ1v) is 6.12. The Kier molecular flexibility index (Phi) is 10.9. The molecule has 0 spiro atoms.